The maximum absolute atomic E-state index is 12.3. The molecule has 0 radical (unpaired) electrons. The lowest BCUT2D eigenvalue weighted by molar-refractivity contribution is -0.143. The second-order valence-electron chi connectivity index (χ2n) is 6.01. The Labute approximate surface area is 133 Å². The molecule has 2 aliphatic carbocycles. The number of amides is 1. The summed E-state index contributed by atoms with van der Waals surface area (Å²) in [5.41, 5.74) is 0.448. The molecule has 118 valence electrons. The van der Waals surface area contributed by atoms with Crippen molar-refractivity contribution in [1.82, 2.24) is 5.32 Å². The number of carbonyl (C=O) groups is 2. The van der Waals surface area contributed by atoms with Crippen LogP contribution in [0.2, 0.25) is 5.02 Å². The predicted octanol–water partition coefficient (Wildman–Crippen LogP) is 1.63. The minimum Gasteiger partial charge on any atom is -0.467 e. The van der Waals surface area contributed by atoms with E-state index in [0.29, 0.717) is 35.3 Å². The summed E-state index contributed by atoms with van der Waals surface area (Å²) in [6.45, 7) is 0. The molecular formula is C16H18ClNO4. The molecule has 6 heteroatoms. The summed E-state index contributed by atoms with van der Waals surface area (Å²) in [5.74, 6) is -0.102. The molecule has 1 aromatic carbocycles. The van der Waals surface area contributed by atoms with E-state index in [1.165, 1.54) is 7.11 Å². The van der Waals surface area contributed by atoms with Crippen LogP contribution in [0.5, 0.6) is 0 Å². The van der Waals surface area contributed by atoms with Gasteiger partial charge >= 0.3 is 5.97 Å². The molecule has 1 aromatic rings. The van der Waals surface area contributed by atoms with Gasteiger partial charge in [-0.05, 0) is 54.9 Å². The first kappa shape index (κ1) is 15.3. The smallest absolute Gasteiger partial charge is 0.328 e. The van der Waals surface area contributed by atoms with Crippen molar-refractivity contribution in [3.05, 3.63) is 34.9 Å². The van der Waals surface area contributed by atoms with Gasteiger partial charge in [0, 0.05) is 10.6 Å². The van der Waals surface area contributed by atoms with Crippen molar-refractivity contribution in [2.24, 2.45) is 17.8 Å². The number of methoxy groups -OCH3 is 1. The number of carbonyl (C=O) groups excluding carboxylic acids is 2. The summed E-state index contributed by atoms with van der Waals surface area (Å²) in [6.07, 6.45) is 1.11. The van der Waals surface area contributed by atoms with Gasteiger partial charge in [-0.1, -0.05) is 11.6 Å². The highest BCUT2D eigenvalue weighted by atomic mass is 35.5. The Morgan fingerprint density at radius 3 is 2.41 bits per heavy atom. The van der Waals surface area contributed by atoms with Crippen LogP contribution in [0.4, 0.5) is 0 Å². The van der Waals surface area contributed by atoms with E-state index >= 15 is 0 Å². The molecule has 2 aliphatic rings. The van der Waals surface area contributed by atoms with Gasteiger partial charge in [-0.2, -0.15) is 0 Å². The maximum Gasteiger partial charge on any atom is 0.328 e. The zero-order valence-electron chi connectivity index (χ0n) is 12.2. The van der Waals surface area contributed by atoms with Crippen LogP contribution in [0, 0.1) is 17.8 Å². The van der Waals surface area contributed by atoms with E-state index in [1.807, 2.05) is 0 Å². The number of rotatable bonds is 4. The van der Waals surface area contributed by atoms with Crippen molar-refractivity contribution >= 4 is 23.5 Å². The molecule has 3 rings (SSSR count). The fourth-order valence-electron chi connectivity index (χ4n) is 3.62. The normalized spacial score (nSPS) is 30.3. The van der Waals surface area contributed by atoms with Gasteiger partial charge < -0.3 is 15.2 Å². The Kier molecular flexibility index (Phi) is 4.10. The zero-order chi connectivity index (χ0) is 15.9. The first-order valence-corrected chi connectivity index (χ1v) is 7.71. The van der Waals surface area contributed by atoms with Gasteiger partial charge in [-0.15, -0.1) is 0 Å². The summed E-state index contributed by atoms with van der Waals surface area (Å²) < 4.78 is 4.82. The minimum atomic E-state index is -0.657. The lowest BCUT2D eigenvalue weighted by atomic mass is 10.0. The van der Waals surface area contributed by atoms with Crippen molar-refractivity contribution in [1.29, 1.82) is 0 Å². The Balaban J connectivity index is 1.70. The molecule has 0 spiro atoms. The van der Waals surface area contributed by atoms with E-state index in [-0.39, 0.29) is 17.9 Å². The lowest BCUT2D eigenvalue weighted by Crippen LogP contribution is -2.44. The number of hydrogen-bond acceptors (Lipinski definition) is 4. The van der Waals surface area contributed by atoms with E-state index < -0.39 is 12.0 Å². The highest BCUT2D eigenvalue weighted by molar-refractivity contribution is 6.30. The van der Waals surface area contributed by atoms with Crippen LogP contribution in [0.15, 0.2) is 24.3 Å². The first-order valence-electron chi connectivity index (χ1n) is 7.33. The number of ether oxygens (including phenoxy) is 1. The van der Waals surface area contributed by atoms with E-state index in [9.17, 15) is 14.7 Å². The van der Waals surface area contributed by atoms with Gasteiger partial charge in [0.15, 0.2) is 0 Å². The maximum atomic E-state index is 12.3. The zero-order valence-corrected chi connectivity index (χ0v) is 12.9. The third kappa shape index (κ3) is 2.83. The average Bonchev–Trinajstić information content (AvgIpc) is 3.00. The van der Waals surface area contributed by atoms with E-state index in [2.05, 4.69) is 5.32 Å². The molecule has 0 bridgehead atoms. The average molecular weight is 324 g/mol. The second-order valence-corrected chi connectivity index (χ2v) is 6.45. The fourth-order valence-corrected chi connectivity index (χ4v) is 3.75. The topological polar surface area (TPSA) is 75.6 Å². The predicted molar refractivity (Wildman–Crippen MR) is 80.4 cm³/mol. The molecule has 5 nitrogen and oxygen atoms in total. The van der Waals surface area contributed by atoms with Gasteiger partial charge in [0.05, 0.1) is 13.2 Å². The highest BCUT2D eigenvalue weighted by Gasteiger charge is 2.60. The Morgan fingerprint density at radius 1 is 1.27 bits per heavy atom. The van der Waals surface area contributed by atoms with Crippen molar-refractivity contribution in [2.75, 3.05) is 7.11 Å². The van der Waals surface area contributed by atoms with Gasteiger partial charge in [0.1, 0.15) is 6.04 Å². The van der Waals surface area contributed by atoms with E-state index in [4.69, 9.17) is 16.3 Å². The quantitative estimate of drug-likeness (QED) is 0.826. The monoisotopic (exact) mass is 323 g/mol. The molecule has 1 unspecified atom stereocenters. The number of aliphatic hydroxyl groups excluding tert-OH is 1. The fraction of sp³-hybridized carbons (Fsp3) is 0.500. The molecule has 5 atom stereocenters. The van der Waals surface area contributed by atoms with Gasteiger partial charge in [-0.3, -0.25) is 4.79 Å². The SMILES string of the molecule is COC(=O)C(NC(=O)c1ccc(Cl)cc1)[C@H]1[C@@H]2C[C@H](O)C[C@@H]21. The molecule has 0 aliphatic heterocycles. The van der Waals surface area contributed by atoms with Crippen LogP contribution in [0.1, 0.15) is 23.2 Å². The third-order valence-electron chi connectivity index (χ3n) is 4.72. The Morgan fingerprint density at radius 2 is 1.86 bits per heavy atom. The van der Waals surface area contributed by atoms with Crippen molar-refractivity contribution in [2.45, 2.75) is 25.0 Å². The number of nitrogens with one attached hydrogen (secondary N) is 1. The molecule has 0 heterocycles. The van der Waals surface area contributed by atoms with Crippen molar-refractivity contribution in [3.63, 3.8) is 0 Å². The summed E-state index contributed by atoms with van der Waals surface area (Å²) in [6, 6.07) is 5.83. The van der Waals surface area contributed by atoms with Crippen LogP contribution in [0.3, 0.4) is 0 Å². The number of fused-ring (bicyclic) bond motifs is 1. The van der Waals surface area contributed by atoms with Crippen LogP contribution in [-0.4, -0.2) is 36.2 Å². The second kappa shape index (κ2) is 5.89. The van der Waals surface area contributed by atoms with Gasteiger partial charge in [0.25, 0.3) is 5.91 Å². The molecule has 0 saturated heterocycles. The van der Waals surface area contributed by atoms with E-state index in [1.54, 1.807) is 24.3 Å². The minimum absolute atomic E-state index is 0.0621. The molecule has 22 heavy (non-hydrogen) atoms. The highest BCUT2D eigenvalue weighted by Crippen LogP contribution is 2.59. The van der Waals surface area contributed by atoms with Gasteiger partial charge in [0.2, 0.25) is 0 Å². The Hall–Kier alpha value is -1.59. The van der Waals surface area contributed by atoms with Crippen molar-refractivity contribution in [3.8, 4) is 0 Å². The molecule has 2 saturated carbocycles. The summed E-state index contributed by atoms with van der Waals surface area (Å²) in [4.78, 5) is 24.3. The largest absolute Gasteiger partial charge is 0.467 e. The van der Waals surface area contributed by atoms with Crippen LogP contribution < -0.4 is 5.32 Å². The summed E-state index contributed by atoms with van der Waals surface area (Å²) in [5, 5.41) is 12.9. The summed E-state index contributed by atoms with van der Waals surface area (Å²) >= 11 is 5.80. The number of aliphatic hydroxyl groups is 1. The van der Waals surface area contributed by atoms with Crippen LogP contribution in [-0.2, 0) is 9.53 Å². The summed E-state index contributed by atoms with van der Waals surface area (Å²) in [7, 11) is 1.32. The molecule has 1 amide bonds. The number of esters is 1. The number of halogens is 1. The molecular weight excluding hydrogens is 306 g/mol. The first-order chi connectivity index (χ1) is 10.5. The lowest BCUT2D eigenvalue weighted by Gasteiger charge is -2.19. The van der Waals surface area contributed by atoms with E-state index in [0.717, 1.165) is 0 Å². The van der Waals surface area contributed by atoms with Gasteiger partial charge in [-0.25, -0.2) is 4.79 Å². The Bertz CT molecular complexity index is 576. The molecule has 2 N–H and O–H groups in total. The van der Waals surface area contributed by atoms with Crippen molar-refractivity contribution < 1.29 is 19.4 Å². The standard InChI is InChI=1S/C16H18ClNO4/c1-22-16(21)14(13-11-6-10(19)7-12(11)13)18-15(20)8-2-4-9(17)5-3-8/h2-5,10-14,19H,6-7H2,1H3,(H,18,20)/t10-,11+,12-,13-,14?. The third-order valence-corrected chi connectivity index (χ3v) is 4.97. The number of benzene rings is 1. The molecule has 2 fully saturated rings. The molecule has 0 aromatic heterocycles. The van der Waals surface area contributed by atoms with Crippen LogP contribution >= 0.6 is 11.6 Å². The van der Waals surface area contributed by atoms with Crippen LogP contribution in [0.25, 0.3) is 0 Å². The number of hydrogen-bond donors (Lipinski definition) is 2.